The van der Waals surface area contributed by atoms with Crippen LogP contribution in [0.2, 0.25) is 0 Å². The number of pyridine rings is 1. The number of aryl methyl sites for hydroxylation is 1. The topological polar surface area (TPSA) is 42.0 Å². The Morgan fingerprint density at radius 1 is 1.56 bits per heavy atom. The van der Waals surface area contributed by atoms with E-state index in [1.165, 1.54) is 13.1 Å². The molecule has 0 aliphatic heterocycles. The number of nitrogens with one attached hydrogen (secondary N) is 1. The molecule has 86 valence electrons. The standard InChI is InChI=1S/C11H12F2N2O/c1-7-4-3-5-14-8(7)15-9(16)10(2)6-11(10,12)13/h3-5H,6H2,1-2H3,(H,14,15,16). The van der Waals surface area contributed by atoms with Crippen molar-refractivity contribution in [3.05, 3.63) is 23.9 Å². The van der Waals surface area contributed by atoms with E-state index in [4.69, 9.17) is 0 Å². The number of aromatic nitrogens is 1. The molecule has 1 saturated carbocycles. The van der Waals surface area contributed by atoms with Gasteiger partial charge in [0.05, 0.1) is 0 Å². The van der Waals surface area contributed by atoms with Crippen LogP contribution in [0.3, 0.4) is 0 Å². The summed E-state index contributed by atoms with van der Waals surface area (Å²) in [5.41, 5.74) is -0.819. The van der Waals surface area contributed by atoms with Crippen molar-refractivity contribution in [2.24, 2.45) is 5.41 Å². The van der Waals surface area contributed by atoms with Gasteiger partial charge in [0.15, 0.2) is 0 Å². The molecule has 2 rings (SSSR count). The molecule has 1 aliphatic carbocycles. The van der Waals surface area contributed by atoms with Crippen molar-refractivity contribution >= 4 is 11.7 Å². The van der Waals surface area contributed by atoms with Crippen molar-refractivity contribution in [1.82, 2.24) is 4.98 Å². The number of carbonyl (C=O) groups is 1. The Labute approximate surface area is 91.9 Å². The van der Waals surface area contributed by atoms with Gasteiger partial charge in [-0.2, -0.15) is 0 Å². The lowest BCUT2D eigenvalue weighted by molar-refractivity contribution is -0.123. The van der Waals surface area contributed by atoms with E-state index in [0.717, 1.165) is 5.56 Å². The molecule has 1 unspecified atom stereocenters. The van der Waals surface area contributed by atoms with Crippen molar-refractivity contribution in [2.45, 2.75) is 26.2 Å². The third-order valence-corrected chi connectivity index (χ3v) is 3.00. The second kappa shape index (κ2) is 3.23. The summed E-state index contributed by atoms with van der Waals surface area (Å²) in [6.07, 6.45) is 1.12. The number of hydrogen-bond donors (Lipinski definition) is 1. The highest BCUT2D eigenvalue weighted by atomic mass is 19.3. The maximum atomic E-state index is 13.0. The zero-order chi connectivity index (χ0) is 12.0. The van der Waals surface area contributed by atoms with E-state index in [2.05, 4.69) is 10.3 Å². The normalized spacial score (nSPS) is 26.2. The third kappa shape index (κ3) is 1.56. The van der Waals surface area contributed by atoms with Gasteiger partial charge in [0.25, 0.3) is 5.92 Å². The smallest absolute Gasteiger partial charge is 0.263 e. The van der Waals surface area contributed by atoms with Crippen LogP contribution in [0.25, 0.3) is 0 Å². The summed E-state index contributed by atoms with van der Waals surface area (Å²) in [5.74, 6) is -3.21. The number of amides is 1. The fraction of sp³-hybridized carbons (Fsp3) is 0.455. The number of nitrogens with zero attached hydrogens (tertiary/aromatic N) is 1. The van der Waals surface area contributed by atoms with Crippen molar-refractivity contribution < 1.29 is 13.6 Å². The van der Waals surface area contributed by atoms with Crippen molar-refractivity contribution in [3.8, 4) is 0 Å². The first-order chi connectivity index (χ1) is 7.37. The van der Waals surface area contributed by atoms with Crippen LogP contribution in [0.4, 0.5) is 14.6 Å². The van der Waals surface area contributed by atoms with Crippen LogP contribution >= 0.6 is 0 Å². The van der Waals surface area contributed by atoms with Gasteiger partial charge in [-0.3, -0.25) is 4.79 Å². The quantitative estimate of drug-likeness (QED) is 0.841. The molecule has 1 aromatic heterocycles. The summed E-state index contributed by atoms with van der Waals surface area (Å²) in [6.45, 7) is 3.02. The van der Waals surface area contributed by atoms with Gasteiger partial charge < -0.3 is 5.32 Å². The molecule has 1 amide bonds. The van der Waals surface area contributed by atoms with Crippen LogP contribution in [-0.2, 0) is 4.79 Å². The van der Waals surface area contributed by atoms with Crippen molar-refractivity contribution in [1.29, 1.82) is 0 Å². The lowest BCUT2D eigenvalue weighted by Crippen LogP contribution is -2.27. The Morgan fingerprint density at radius 2 is 2.19 bits per heavy atom. The van der Waals surface area contributed by atoms with Gasteiger partial charge in [0, 0.05) is 12.6 Å². The van der Waals surface area contributed by atoms with Crippen LogP contribution in [0.5, 0.6) is 0 Å². The van der Waals surface area contributed by atoms with E-state index in [9.17, 15) is 13.6 Å². The largest absolute Gasteiger partial charge is 0.310 e. The van der Waals surface area contributed by atoms with E-state index in [1.807, 2.05) is 0 Å². The molecule has 0 saturated heterocycles. The van der Waals surface area contributed by atoms with Gasteiger partial charge in [0.1, 0.15) is 11.2 Å². The van der Waals surface area contributed by atoms with Crippen molar-refractivity contribution in [3.63, 3.8) is 0 Å². The number of anilines is 1. The lowest BCUT2D eigenvalue weighted by Gasteiger charge is -2.11. The molecular formula is C11H12F2N2O. The highest BCUT2D eigenvalue weighted by Crippen LogP contribution is 2.60. The maximum absolute atomic E-state index is 13.0. The minimum Gasteiger partial charge on any atom is -0.310 e. The Bertz CT molecular complexity index is 447. The third-order valence-electron chi connectivity index (χ3n) is 3.00. The molecule has 1 atom stereocenters. The second-order valence-electron chi connectivity index (χ2n) is 4.34. The Kier molecular flexibility index (Phi) is 2.22. The minimum absolute atomic E-state index is 0.344. The average molecular weight is 226 g/mol. The van der Waals surface area contributed by atoms with Crippen LogP contribution < -0.4 is 5.32 Å². The number of halogens is 2. The highest BCUT2D eigenvalue weighted by Gasteiger charge is 2.72. The molecule has 0 radical (unpaired) electrons. The monoisotopic (exact) mass is 226 g/mol. The fourth-order valence-corrected chi connectivity index (χ4v) is 1.51. The van der Waals surface area contributed by atoms with Gasteiger partial charge >= 0.3 is 0 Å². The second-order valence-corrected chi connectivity index (χ2v) is 4.34. The number of rotatable bonds is 2. The van der Waals surface area contributed by atoms with E-state index in [1.54, 1.807) is 19.1 Å². The minimum atomic E-state index is -2.89. The first kappa shape index (κ1) is 11.0. The summed E-state index contributed by atoms with van der Waals surface area (Å²) in [4.78, 5) is 15.6. The zero-order valence-electron chi connectivity index (χ0n) is 9.05. The average Bonchev–Trinajstić information content (AvgIpc) is 2.71. The van der Waals surface area contributed by atoms with E-state index < -0.39 is 23.7 Å². The molecule has 1 aromatic rings. The molecular weight excluding hydrogens is 214 g/mol. The molecule has 3 nitrogen and oxygen atoms in total. The van der Waals surface area contributed by atoms with Crippen LogP contribution in [-0.4, -0.2) is 16.8 Å². The molecule has 1 N–H and O–H groups in total. The van der Waals surface area contributed by atoms with Crippen molar-refractivity contribution in [2.75, 3.05) is 5.32 Å². The summed E-state index contributed by atoms with van der Waals surface area (Å²) in [6, 6.07) is 3.48. The number of alkyl halides is 2. The first-order valence-corrected chi connectivity index (χ1v) is 4.98. The zero-order valence-corrected chi connectivity index (χ0v) is 9.05. The predicted molar refractivity (Wildman–Crippen MR) is 55.3 cm³/mol. The molecule has 0 spiro atoms. The molecule has 16 heavy (non-hydrogen) atoms. The Hall–Kier alpha value is -1.52. The van der Waals surface area contributed by atoms with Crippen LogP contribution in [0.15, 0.2) is 18.3 Å². The van der Waals surface area contributed by atoms with Crippen LogP contribution in [0, 0.1) is 12.3 Å². The first-order valence-electron chi connectivity index (χ1n) is 4.98. The molecule has 1 heterocycles. The summed E-state index contributed by atoms with van der Waals surface area (Å²) in [7, 11) is 0. The van der Waals surface area contributed by atoms with Gasteiger partial charge in [-0.15, -0.1) is 0 Å². The highest BCUT2D eigenvalue weighted by molar-refractivity contribution is 5.98. The van der Waals surface area contributed by atoms with E-state index >= 15 is 0 Å². The number of hydrogen-bond acceptors (Lipinski definition) is 2. The fourth-order valence-electron chi connectivity index (χ4n) is 1.51. The van der Waals surface area contributed by atoms with E-state index in [-0.39, 0.29) is 0 Å². The lowest BCUT2D eigenvalue weighted by atomic mass is 10.1. The van der Waals surface area contributed by atoms with Gasteiger partial charge in [-0.1, -0.05) is 6.07 Å². The maximum Gasteiger partial charge on any atom is 0.263 e. The Balaban J connectivity index is 2.13. The predicted octanol–water partition coefficient (Wildman–Crippen LogP) is 2.37. The van der Waals surface area contributed by atoms with Gasteiger partial charge in [-0.05, 0) is 25.5 Å². The van der Waals surface area contributed by atoms with Gasteiger partial charge in [-0.25, -0.2) is 13.8 Å². The summed E-state index contributed by atoms with van der Waals surface area (Å²) >= 11 is 0. The summed E-state index contributed by atoms with van der Waals surface area (Å²) in [5, 5.41) is 2.44. The van der Waals surface area contributed by atoms with Gasteiger partial charge in [0.2, 0.25) is 5.91 Å². The van der Waals surface area contributed by atoms with E-state index in [0.29, 0.717) is 5.82 Å². The molecule has 5 heteroatoms. The number of carbonyl (C=O) groups excluding carboxylic acids is 1. The molecule has 0 aromatic carbocycles. The van der Waals surface area contributed by atoms with Crippen LogP contribution in [0.1, 0.15) is 18.9 Å². The Morgan fingerprint density at radius 3 is 2.69 bits per heavy atom. The molecule has 1 fully saturated rings. The molecule has 0 bridgehead atoms. The SMILES string of the molecule is Cc1cccnc1NC(=O)C1(C)CC1(F)F. The summed E-state index contributed by atoms with van der Waals surface area (Å²) < 4.78 is 25.9. The molecule has 1 aliphatic rings.